The van der Waals surface area contributed by atoms with E-state index in [1.54, 1.807) is 43.0 Å². The van der Waals surface area contributed by atoms with Crippen LogP contribution in [0, 0.1) is 0 Å². The Hall–Kier alpha value is -3.62. The van der Waals surface area contributed by atoms with Gasteiger partial charge in [-0.1, -0.05) is 29.8 Å². The number of nitrogens with zero attached hydrogens (tertiary/aromatic N) is 3. The standard InChI is InChI=1S/C25H21ClN4O3S/c1-2-33-25(32)17-8-12-19(13-9-17)27-28-23-22(16-34-21-14-10-18(26)11-15-21)29-30(24(23)31)20-6-4-3-5-7-20/h3-15,29H,2,16H2,1H3. The third kappa shape index (κ3) is 5.65. The first kappa shape index (κ1) is 23.5. The van der Waals surface area contributed by atoms with Crippen molar-refractivity contribution in [1.82, 2.24) is 9.78 Å². The summed E-state index contributed by atoms with van der Waals surface area (Å²) in [7, 11) is 0. The zero-order valence-electron chi connectivity index (χ0n) is 18.3. The number of nitrogens with one attached hydrogen (secondary N) is 1. The molecule has 34 heavy (non-hydrogen) atoms. The Morgan fingerprint density at radius 1 is 1.00 bits per heavy atom. The number of thioether (sulfide) groups is 1. The molecule has 4 aromatic rings. The molecule has 1 aromatic heterocycles. The van der Waals surface area contributed by atoms with Gasteiger partial charge in [0.2, 0.25) is 0 Å². The Balaban J connectivity index is 1.62. The number of ether oxygens (including phenoxy) is 1. The third-order valence-corrected chi connectivity index (χ3v) is 6.08. The molecule has 0 fully saturated rings. The second-order valence-corrected chi connectivity index (χ2v) is 8.61. The number of benzene rings is 3. The number of rotatable bonds is 8. The van der Waals surface area contributed by atoms with Gasteiger partial charge in [0.05, 0.1) is 29.2 Å². The monoisotopic (exact) mass is 492 g/mol. The molecule has 0 bridgehead atoms. The number of carbonyl (C=O) groups is 1. The molecule has 0 aliphatic rings. The first-order chi connectivity index (χ1) is 16.5. The van der Waals surface area contributed by atoms with E-state index in [1.807, 2.05) is 54.6 Å². The summed E-state index contributed by atoms with van der Waals surface area (Å²) >= 11 is 7.52. The number of halogens is 1. The Bertz CT molecular complexity index is 1350. The SMILES string of the molecule is CCOC(=O)c1ccc(N=Nc2c(CSc3ccc(Cl)cc3)[nH]n(-c3ccccc3)c2=O)cc1. The van der Waals surface area contributed by atoms with Crippen molar-refractivity contribution < 1.29 is 9.53 Å². The molecule has 4 rings (SSSR count). The van der Waals surface area contributed by atoms with Gasteiger partial charge in [-0.05, 0) is 67.6 Å². The fourth-order valence-electron chi connectivity index (χ4n) is 3.11. The minimum atomic E-state index is -0.399. The number of hydrogen-bond donors (Lipinski definition) is 1. The van der Waals surface area contributed by atoms with E-state index in [0.29, 0.717) is 40.0 Å². The Labute approximate surface area is 205 Å². The van der Waals surface area contributed by atoms with Crippen molar-refractivity contribution >= 4 is 40.7 Å². The lowest BCUT2D eigenvalue weighted by molar-refractivity contribution is 0.0526. The van der Waals surface area contributed by atoms with E-state index >= 15 is 0 Å². The van der Waals surface area contributed by atoms with Crippen molar-refractivity contribution in [2.24, 2.45) is 10.2 Å². The molecule has 0 atom stereocenters. The van der Waals surface area contributed by atoms with Crippen LogP contribution < -0.4 is 5.56 Å². The van der Waals surface area contributed by atoms with Gasteiger partial charge >= 0.3 is 5.97 Å². The lowest BCUT2D eigenvalue weighted by atomic mass is 10.2. The lowest BCUT2D eigenvalue weighted by Crippen LogP contribution is -2.13. The zero-order valence-corrected chi connectivity index (χ0v) is 19.8. The third-order valence-electron chi connectivity index (χ3n) is 4.79. The van der Waals surface area contributed by atoms with E-state index in [1.165, 1.54) is 4.68 Å². The van der Waals surface area contributed by atoms with E-state index in [4.69, 9.17) is 16.3 Å². The predicted octanol–water partition coefficient (Wildman–Crippen LogP) is 6.70. The van der Waals surface area contributed by atoms with Crippen LogP contribution in [0.25, 0.3) is 5.69 Å². The van der Waals surface area contributed by atoms with Gasteiger partial charge < -0.3 is 4.74 Å². The van der Waals surface area contributed by atoms with E-state index in [9.17, 15) is 9.59 Å². The predicted molar refractivity (Wildman–Crippen MR) is 134 cm³/mol. The normalized spacial score (nSPS) is 11.1. The van der Waals surface area contributed by atoms with E-state index < -0.39 is 5.97 Å². The molecular formula is C25H21ClN4O3S. The highest BCUT2D eigenvalue weighted by Gasteiger charge is 2.16. The summed E-state index contributed by atoms with van der Waals surface area (Å²) in [5.41, 5.74) is 2.20. The largest absolute Gasteiger partial charge is 0.462 e. The van der Waals surface area contributed by atoms with E-state index in [0.717, 1.165) is 4.90 Å². The highest BCUT2D eigenvalue weighted by molar-refractivity contribution is 7.98. The summed E-state index contributed by atoms with van der Waals surface area (Å²) in [6, 6.07) is 23.3. The minimum Gasteiger partial charge on any atom is -0.462 e. The number of hydrogen-bond acceptors (Lipinski definition) is 6. The summed E-state index contributed by atoms with van der Waals surface area (Å²) in [5, 5.41) is 12.3. The van der Waals surface area contributed by atoms with Crippen LogP contribution in [0.1, 0.15) is 23.0 Å². The quantitative estimate of drug-likeness (QED) is 0.168. The molecule has 3 aromatic carbocycles. The van der Waals surface area contributed by atoms with Gasteiger partial charge in [0.25, 0.3) is 5.56 Å². The number of para-hydroxylation sites is 1. The number of carbonyl (C=O) groups excluding carboxylic acids is 1. The first-order valence-electron chi connectivity index (χ1n) is 10.5. The van der Waals surface area contributed by atoms with E-state index in [-0.39, 0.29) is 11.2 Å². The van der Waals surface area contributed by atoms with Crippen LogP contribution in [-0.2, 0) is 10.5 Å². The van der Waals surface area contributed by atoms with Gasteiger partial charge in [0.15, 0.2) is 5.69 Å². The molecular weight excluding hydrogens is 472 g/mol. The minimum absolute atomic E-state index is 0.222. The van der Waals surface area contributed by atoms with Crippen molar-refractivity contribution in [3.05, 3.63) is 105 Å². The van der Waals surface area contributed by atoms with Crippen LogP contribution in [0.4, 0.5) is 11.4 Å². The molecule has 0 aliphatic heterocycles. The van der Waals surface area contributed by atoms with Crippen molar-refractivity contribution in [2.45, 2.75) is 17.6 Å². The molecule has 172 valence electrons. The molecule has 1 N–H and O–H groups in total. The van der Waals surface area contributed by atoms with Crippen LogP contribution >= 0.6 is 23.4 Å². The topological polar surface area (TPSA) is 88.8 Å². The molecule has 1 heterocycles. The Kier molecular flexibility index (Phi) is 7.61. The first-order valence-corrected chi connectivity index (χ1v) is 11.9. The van der Waals surface area contributed by atoms with Crippen LogP contribution in [0.5, 0.6) is 0 Å². The fraction of sp³-hybridized carbons (Fsp3) is 0.120. The summed E-state index contributed by atoms with van der Waals surface area (Å²) in [5.74, 6) is 0.0798. The van der Waals surface area contributed by atoms with Gasteiger partial charge in [-0.2, -0.15) is 5.11 Å². The Morgan fingerprint density at radius 3 is 2.38 bits per heavy atom. The summed E-state index contributed by atoms with van der Waals surface area (Å²) in [6.07, 6.45) is 0. The summed E-state index contributed by atoms with van der Waals surface area (Å²) < 4.78 is 6.45. The van der Waals surface area contributed by atoms with Gasteiger partial charge in [-0.25, -0.2) is 9.48 Å². The molecule has 0 saturated heterocycles. The number of aromatic nitrogens is 2. The van der Waals surface area contributed by atoms with Gasteiger partial charge in [-0.3, -0.25) is 9.89 Å². The molecule has 0 aliphatic carbocycles. The average molecular weight is 493 g/mol. The summed E-state index contributed by atoms with van der Waals surface area (Å²) in [6.45, 7) is 2.06. The highest BCUT2D eigenvalue weighted by Crippen LogP contribution is 2.28. The second kappa shape index (κ2) is 11.0. The molecule has 7 nitrogen and oxygen atoms in total. The fourth-order valence-corrected chi connectivity index (χ4v) is 4.08. The van der Waals surface area contributed by atoms with Crippen LogP contribution in [-0.4, -0.2) is 22.4 Å². The molecule has 0 amide bonds. The molecule has 0 spiro atoms. The molecule has 9 heteroatoms. The summed E-state index contributed by atoms with van der Waals surface area (Å²) in [4.78, 5) is 26.0. The van der Waals surface area contributed by atoms with Crippen molar-refractivity contribution in [1.29, 1.82) is 0 Å². The maximum absolute atomic E-state index is 13.2. The van der Waals surface area contributed by atoms with Gasteiger partial charge in [0.1, 0.15) is 0 Å². The second-order valence-electron chi connectivity index (χ2n) is 7.13. The van der Waals surface area contributed by atoms with Gasteiger partial charge in [-0.15, -0.1) is 16.9 Å². The van der Waals surface area contributed by atoms with Crippen molar-refractivity contribution in [3.63, 3.8) is 0 Å². The molecule has 0 unspecified atom stereocenters. The highest BCUT2D eigenvalue weighted by atomic mass is 35.5. The van der Waals surface area contributed by atoms with Crippen molar-refractivity contribution in [3.8, 4) is 5.69 Å². The van der Waals surface area contributed by atoms with Gasteiger partial charge in [0, 0.05) is 15.7 Å². The van der Waals surface area contributed by atoms with Crippen molar-refractivity contribution in [2.75, 3.05) is 6.61 Å². The van der Waals surface area contributed by atoms with Crippen LogP contribution in [0.15, 0.2) is 98.8 Å². The average Bonchev–Trinajstić information content (AvgIpc) is 3.18. The maximum atomic E-state index is 13.2. The number of esters is 1. The Morgan fingerprint density at radius 2 is 1.71 bits per heavy atom. The molecule has 0 radical (unpaired) electrons. The van der Waals surface area contributed by atoms with Crippen LogP contribution in [0.3, 0.4) is 0 Å². The molecule has 0 saturated carbocycles. The van der Waals surface area contributed by atoms with E-state index in [2.05, 4.69) is 15.3 Å². The number of azo groups is 1. The maximum Gasteiger partial charge on any atom is 0.338 e. The number of H-pyrrole nitrogens is 1. The zero-order chi connectivity index (χ0) is 23.9. The van der Waals surface area contributed by atoms with Crippen LogP contribution in [0.2, 0.25) is 5.02 Å². The lowest BCUT2D eigenvalue weighted by Gasteiger charge is -2.02. The number of aromatic amines is 1. The smallest absolute Gasteiger partial charge is 0.338 e.